The predicted octanol–water partition coefficient (Wildman–Crippen LogP) is 5.92. The fraction of sp³-hybridized carbons (Fsp3) is 0.235. The second-order valence-corrected chi connectivity index (χ2v) is 12.9. The van der Waals surface area contributed by atoms with Gasteiger partial charge in [0.1, 0.15) is 16.3 Å². The van der Waals surface area contributed by atoms with E-state index in [0.29, 0.717) is 63.0 Å². The van der Waals surface area contributed by atoms with Crippen molar-refractivity contribution in [2.24, 2.45) is 4.99 Å². The number of aromatic nitrogens is 1. The molecule has 1 aromatic heterocycles. The van der Waals surface area contributed by atoms with E-state index in [9.17, 15) is 14.4 Å². The van der Waals surface area contributed by atoms with Crippen LogP contribution in [0.15, 0.2) is 92.3 Å². The van der Waals surface area contributed by atoms with Crippen LogP contribution in [-0.2, 0) is 20.9 Å². The van der Waals surface area contributed by atoms with E-state index < -0.39 is 17.6 Å². The summed E-state index contributed by atoms with van der Waals surface area (Å²) in [4.78, 5) is 49.4. The van der Waals surface area contributed by atoms with Gasteiger partial charge in [-0.15, -0.1) is 0 Å². The SMILES string of the molecule is CCCC1=C(C(=O)OCC)[C@H](c2cc(Cl)ccc2OC)n2c(s/c(=C3/C(=O)N(Cc4ccccc4)c4ccc(Br)cc43)c2=O)=N1. The van der Waals surface area contributed by atoms with Crippen LogP contribution in [0.3, 0.4) is 0 Å². The fourth-order valence-corrected chi connectivity index (χ4v) is 7.48. The molecule has 11 heteroatoms. The largest absolute Gasteiger partial charge is 0.496 e. The van der Waals surface area contributed by atoms with E-state index in [1.807, 2.05) is 55.5 Å². The van der Waals surface area contributed by atoms with Crippen molar-refractivity contribution in [2.45, 2.75) is 39.3 Å². The van der Waals surface area contributed by atoms with Crippen molar-refractivity contribution >= 4 is 62.0 Å². The highest BCUT2D eigenvalue weighted by molar-refractivity contribution is 9.10. The quantitative estimate of drug-likeness (QED) is 0.212. The number of allylic oxidation sites excluding steroid dienone is 1. The Balaban J connectivity index is 1.65. The van der Waals surface area contributed by atoms with Crippen molar-refractivity contribution in [3.63, 3.8) is 0 Å². The Morgan fingerprint density at radius 1 is 1.07 bits per heavy atom. The summed E-state index contributed by atoms with van der Waals surface area (Å²) in [5.74, 6) is -0.412. The number of hydrogen-bond donors (Lipinski definition) is 0. The maximum Gasteiger partial charge on any atom is 0.338 e. The highest BCUT2D eigenvalue weighted by atomic mass is 79.9. The minimum absolute atomic E-state index is 0.146. The Hall–Kier alpha value is -3.99. The smallest absolute Gasteiger partial charge is 0.338 e. The Kier molecular flexibility index (Phi) is 8.81. The molecular weight excluding hydrogens is 678 g/mol. The minimum atomic E-state index is -0.941. The van der Waals surface area contributed by atoms with Gasteiger partial charge in [0.15, 0.2) is 4.80 Å². The number of carbonyl (C=O) groups excluding carboxylic acids is 2. The van der Waals surface area contributed by atoms with Crippen LogP contribution < -0.4 is 24.5 Å². The second kappa shape index (κ2) is 12.8. The summed E-state index contributed by atoms with van der Waals surface area (Å²) in [6.07, 6.45) is 1.18. The van der Waals surface area contributed by atoms with Crippen LogP contribution in [0.25, 0.3) is 5.57 Å². The molecule has 1 amide bonds. The van der Waals surface area contributed by atoms with Crippen molar-refractivity contribution in [1.82, 2.24) is 4.57 Å². The average molecular weight is 707 g/mol. The van der Waals surface area contributed by atoms with Crippen molar-refractivity contribution < 1.29 is 19.1 Å². The molecule has 8 nitrogen and oxygen atoms in total. The molecule has 0 aliphatic carbocycles. The number of nitrogens with zero attached hydrogens (tertiary/aromatic N) is 3. The van der Waals surface area contributed by atoms with Crippen LogP contribution >= 0.6 is 38.9 Å². The normalized spacial score (nSPS) is 16.8. The number of fused-ring (bicyclic) bond motifs is 2. The van der Waals surface area contributed by atoms with Crippen molar-refractivity contribution in [1.29, 1.82) is 0 Å². The summed E-state index contributed by atoms with van der Waals surface area (Å²) < 4.78 is 13.7. The van der Waals surface area contributed by atoms with Crippen molar-refractivity contribution in [3.05, 3.63) is 124 Å². The molecule has 3 aromatic carbocycles. The number of carbonyl (C=O) groups is 2. The maximum absolute atomic E-state index is 14.6. The fourth-order valence-electron chi connectivity index (χ4n) is 5.83. The van der Waals surface area contributed by atoms with Gasteiger partial charge in [0.25, 0.3) is 11.5 Å². The molecule has 0 radical (unpaired) electrons. The zero-order valence-electron chi connectivity index (χ0n) is 24.8. The first-order valence-electron chi connectivity index (χ1n) is 14.5. The summed E-state index contributed by atoms with van der Waals surface area (Å²) in [5.41, 5.74) is 3.44. The number of amides is 1. The number of ether oxygens (including phenoxy) is 2. The zero-order valence-corrected chi connectivity index (χ0v) is 28.0. The van der Waals surface area contributed by atoms with Gasteiger partial charge in [-0.1, -0.05) is 82.5 Å². The van der Waals surface area contributed by atoms with E-state index in [1.54, 1.807) is 30.0 Å². The van der Waals surface area contributed by atoms with Gasteiger partial charge in [-0.25, -0.2) is 9.79 Å². The maximum atomic E-state index is 14.6. The van der Waals surface area contributed by atoms with Crippen LogP contribution in [0, 0.1) is 0 Å². The molecule has 230 valence electrons. The lowest BCUT2D eigenvalue weighted by Gasteiger charge is -2.27. The minimum Gasteiger partial charge on any atom is -0.496 e. The van der Waals surface area contributed by atoms with E-state index in [2.05, 4.69) is 15.9 Å². The molecule has 0 fully saturated rings. The summed E-state index contributed by atoms with van der Waals surface area (Å²) >= 11 is 11.2. The molecular formula is C34H29BrClN3O5S. The molecule has 2 aliphatic rings. The molecule has 0 spiro atoms. The van der Waals surface area contributed by atoms with Crippen LogP contribution in [0.5, 0.6) is 5.75 Å². The van der Waals surface area contributed by atoms with Crippen LogP contribution in [-0.4, -0.2) is 30.2 Å². The Bertz CT molecular complexity index is 2050. The average Bonchev–Trinajstić information content (AvgIpc) is 3.48. The molecule has 45 heavy (non-hydrogen) atoms. The lowest BCUT2D eigenvalue weighted by Crippen LogP contribution is -2.41. The van der Waals surface area contributed by atoms with Gasteiger partial charge >= 0.3 is 5.97 Å². The molecule has 3 heterocycles. The van der Waals surface area contributed by atoms with E-state index in [4.69, 9.17) is 26.1 Å². The van der Waals surface area contributed by atoms with E-state index in [0.717, 1.165) is 21.4 Å². The Morgan fingerprint density at radius 3 is 2.56 bits per heavy atom. The Labute approximate surface area is 277 Å². The first kappa shape index (κ1) is 31.0. The number of methoxy groups -OCH3 is 1. The van der Waals surface area contributed by atoms with Gasteiger partial charge < -0.3 is 14.4 Å². The zero-order chi connectivity index (χ0) is 31.8. The van der Waals surface area contributed by atoms with Gasteiger partial charge in [-0.2, -0.15) is 0 Å². The third-order valence-corrected chi connectivity index (χ3v) is 9.52. The highest BCUT2D eigenvalue weighted by Crippen LogP contribution is 2.40. The highest BCUT2D eigenvalue weighted by Gasteiger charge is 2.39. The van der Waals surface area contributed by atoms with Crippen molar-refractivity contribution in [3.8, 4) is 5.75 Å². The number of esters is 1. The molecule has 0 saturated carbocycles. The lowest BCUT2D eigenvalue weighted by atomic mass is 9.93. The molecule has 6 rings (SSSR count). The molecule has 4 aromatic rings. The van der Waals surface area contributed by atoms with Crippen LogP contribution in [0.2, 0.25) is 5.02 Å². The molecule has 1 atom stereocenters. The molecule has 2 aliphatic heterocycles. The summed E-state index contributed by atoms with van der Waals surface area (Å²) in [7, 11) is 1.52. The first-order chi connectivity index (χ1) is 21.8. The van der Waals surface area contributed by atoms with E-state index >= 15 is 0 Å². The number of rotatable bonds is 8. The number of benzene rings is 3. The second-order valence-electron chi connectivity index (χ2n) is 10.5. The third-order valence-electron chi connectivity index (χ3n) is 7.74. The molecule has 0 unspecified atom stereocenters. The van der Waals surface area contributed by atoms with E-state index in [-0.39, 0.29) is 22.6 Å². The monoisotopic (exact) mass is 705 g/mol. The number of thiazole rings is 1. The number of anilines is 1. The topological polar surface area (TPSA) is 90.2 Å². The van der Waals surface area contributed by atoms with Gasteiger partial charge in [0.05, 0.1) is 42.8 Å². The molecule has 0 saturated heterocycles. The van der Waals surface area contributed by atoms with E-state index in [1.165, 1.54) is 11.7 Å². The lowest BCUT2D eigenvalue weighted by molar-refractivity contribution is -0.139. The predicted molar refractivity (Wildman–Crippen MR) is 178 cm³/mol. The van der Waals surface area contributed by atoms with Crippen LogP contribution in [0.1, 0.15) is 49.4 Å². The summed E-state index contributed by atoms with van der Waals surface area (Å²) in [6, 6.07) is 19.4. The third kappa shape index (κ3) is 5.55. The van der Waals surface area contributed by atoms with Gasteiger partial charge in [0.2, 0.25) is 0 Å². The molecule has 0 N–H and O–H groups in total. The molecule has 0 bridgehead atoms. The van der Waals surface area contributed by atoms with Crippen LogP contribution in [0.4, 0.5) is 5.69 Å². The summed E-state index contributed by atoms with van der Waals surface area (Å²) in [6.45, 7) is 4.20. The number of hydrogen-bond acceptors (Lipinski definition) is 7. The number of halogens is 2. The standard InChI is InChI=1S/C34H29BrClN3O5S/c1-4-9-24-28(33(42)44-5-2)29(23-17-21(36)13-15-26(23)43-3)39-32(41)30(45-34(39)37-24)27-22-16-20(35)12-14-25(22)38(31(27)40)18-19-10-7-6-8-11-19/h6-8,10-17,29H,4-5,9,18H2,1-3H3/b30-27+/t29-/m0/s1. The van der Waals surface area contributed by atoms with Crippen molar-refractivity contribution in [2.75, 3.05) is 18.6 Å². The Morgan fingerprint density at radius 2 is 1.84 bits per heavy atom. The summed E-state index contributed by atoms with van der Waals surface area (Å²) in [5, 5.41) is 0.411. The van der Waals surface area contributed by atoms with Gasteiger partial charge in [0, 0.05) is 20.6 Å². The first-order valence-corrected chi connectivity index (χ1v) is 16.5. The van der Waals surface area contributed by atoms with Gasteiger partial charge in [-0.3, -0.25) is 14.2 Å². The van der Waals surface area contributed by atoms with Gasteiger partial charge in [-0.05, 0) is 55.3 Å².